The van der Waals surface area contributed by atoms with E-state index in [9.17, 15) is 13.6 Å². The van der Waals surface area contributed by atoms with Crippen LogP contribution in [0.25, 0.3) is 0 Å². The number of rotatable bonds is 6. The van der Waals surface area contributed by atoms with Gasteiger partial charge in [0.05, 0.1) is 18.2 Å². The van der Waals surface area contributed by atoms with Crippen LogP contribution in [0.1, 0.15) is 44.9 Å². The molecule has 1 N–H and O–H groups in total. The van der Waals surface area contributed by atoms with E-state index >= 15 is 0 Å². The van der Waals surface area contributed by atoms with Gasteiger partial charge in [-0.3, -0.25) is 4.79 Å². The molecule has 8 heteroatoms. The lowest BCUT2D eigenvalue weighted by Gasteiger charge is -2.09. The van der Waals surface area contributed by atoms with Gasteiger partial charge < -0.3 is 9.47 Å². The number of carbonyl (C=O) groups is 1. The average Bonchev–Trinajstić information content (AvgIpc) is 2.93. The maximum Gasteiger partial charge on any atom is 0.387 e. The van der Waals surface area contributed by atoms with Crippen molar-refractivity contribution in [2.45, 2.75) is 38.7 Å². The summed E-state index contributed by atoms with van der Waals surface area (Å²) in [5.74, 6) is -0.157. The van der Waals surface area contributed by atoms with E-state index in [1.165, 1.54) is 60.1 Å². The summed E-state index contributed by atoms with van der Waals surface area (Å²) in [5, 5.41) is 3.95. The minimum Gasteiger partial charge on any atom is -0.493 e. The molecule has 0 spiro atoms. The number of ether oxygens (including phenoxy) is 2. The summed E-state index contributed by atoms with van der Waals surface area (Å²) in [4.78, 5) is 14.2. The van der Waals surface area contributed by atoms with Crippen LogP contribution in [0.15, 0.2) is 29.4 Å². The second-order valence-electron chi connectivity index (χ2n) is 6.11. The molecule has 0 aliphatic heterocycles. The number of benzene rings is 1. The number of amides is 1. The Hall–Kier alpha value is -2.48. The second kappa shape index (κ2) is 8.94. The summed E-state index contributed by atoms with van der Waals surface area (Å²) < 4.78 is 34.1. The zero-order chi connectivity index (χ0) is 19.2. The highest BCUT2D eigenvalue weighted by Gasteiger charge is 2.16. The van der Waals surface area contributed by atoms with Crippen molar-refractivity contribution in [1.82, 2.24) is 5.43 Å². The number of hydrogen-bond donors (Lipinski definition) is 1. The monoisotopic (exact) mass is 394 g/mol. The van der Waals surface area contributed by atoms with Crippen LogP contribution in [0.2, 0.25) is 0 Å². The van der Waals surface area contributed by atoms with Crippen LogP contribution in [-0.4, -0.2) is 25.8 Å². The molecule has 0 saturated carbocycles. The van der Waals surface area contributed by atoms with Crippen LogP contribution in [0.3, 0.4) is 0 Å². The van der Waals surface area contributed by atoms with Gasteiger partial charge >= 0.3 is 6.61 Å². The lowest BCUT2D eigenvalue weighted by Crippen LogP contribution is -2.16. The van der Waals surface area contributed by atoms with Gasteiger partial charge in [-0.1, -0.05) is 6.42 Å². The summed E-state index contributed by atoms with van der Waals surface area (Å²) in [6.45, 7) is -2.93. The van der Waals surface area contributed by atoms with Gasteiger partial charge in [-0.2, -0.15) is 13.9 Å². The fourth-order valence-corrected chi connectivity index (χ4v) is 4.10. The standard InChI is InChI=1S/C19H20F2N2O3S/c1-25-15-9-12(7-8-14(15)26-19(20)21)11-22-23-18(24)17-10-13-5-3-2-4-6-16(13)27-17/h7-11,19H,2-6H2,1H3,(H,23,24)/b22-11-. The molecule has 2 aromatic rings. The maximum absolute atomic E-state index is 12.3. The molecule has 0 radical (unpaired) electrons. The number of nitrogens with zero attached hydrogens (tertiary/aromatic N) is 1. The van der Waals surface area contributed by atoms with Crippen molar-refractivity contribution < 1.29 is 23.0 Å². The number of carbonyl (C=O) groups excluding carboxylic acids is 1. The van der Waals surface area contributed by atoms with E-state index in [-0.39, 0.29) is 17.4 Å². The number of hydrazone groups is 1. The van der Waals surface area contributed by atoms with E-state index in [1.807, 2.05) is 6.07 Å². The molecular formula is C19H20F2N2O3S. The van der Waals surface area contributed by atoms with E-state index in [2.05, 4.69) is 15.3 Å². The van der Waals surface area contributed by atoms with Gasteiger partial charge in [0, 0.05) is 4.88 Å². The lowest BCUT2D eigenvalue weighted by molar-refractivity contribution is -0.0512. The number of hydrogen-bond acceptors (Lipinski definition) is 5. The molecular weight excluding hydrogens is 374 g/mol. The maximum atomic E-state index is 12.3. The van der Waals surface area contributed by atoms with Crippen LogP contribution in [0.4, 0.5) is 8.78 Å². The highest BCUT2D eigenvalue weighted by atomic mass is 32.1. The van der Waals surface area contributed by atoms with Gasteiger partial charge in [0.2, 0.25) is 0 Å². The van der Waals surface area contributed by atoms with E-state index in [1.54, 1.807) is 6.07 Å². The van der Waals surface area contributed by atoms with E-state index in [4.69, 9.17) is 4.74 Å². The zero-order valence-corrected chi connectivity index (χ0v) is 15.7. The van der Waals surface area contributed by atoms with Gasteiger partial charge in [-0.05, 0) is 61.1 Å². The predicted molar refractivity (Wildman–Crippen MR) is 100 cm³/mol. The number of thiophene rings is 1. The van der Waals surface area contributed by atoms with Gasteiger partial charge in [0.1, 0.15) is 0 Å². The van der Waals surface area contributed by atoms with Crippen LogP contribution < -0.4 is 14.9 Å². The first-order valence-corrected chi connectivity index (χ1v) is 9.46. The second-order valence-corrected chi connectivity index (χ2v) is 7.24. The van der Waals surface area contributed by atoms with Crippen molar-refractivity contribution in [3.8, 4) is 11.5 Å². The molecule has 0 bridgehead atoms. The molecule has 1 aliphatic carbocycles. The molecule has 0 saturated heterocycles. The molecule has 27 heavy (non-hydrogen) atoms. The highest BCUT2D eigenvalue weighted by molar-refractivity contribution is 7.14. The largest absolute Gasteiger partial charge is 0.493 e. The lowest BCUT2D eigenvalue weighted by atomic mass is 10.1. The summed E-state index contributed by atoms with van der Waals surface area (Å²) in [7, 11) is 1.36. The smallest absolute Gasteiger partial charge is 0.387 e. The summed E-state index contributed by atoms with van der Waals surface area (Å²) >= 11 is 1.52. The Bertz CT molecular complexity index is 813. The van der Waals surface area contributed by atoms with E-state index in [0.717, 1.165) is 19.3 Å². The number of nitrogens with one attached hydrogen (secondary N) is 1. The fourth-order valence-electron chi connectivity index (χ4n) is 2.96. The quantitative estimate of drug-likeness (QED) is 0.449. The highest BCUT2D eigenvalue weighted by Crippen LogP contribution is 2.30. The summed E-state index contributed by atoms with van der Waals surface area (Å²) in [6, 6.07) is 6.37. The minimum atomic E-state index is -2.93. The SMILES string of the molecule is COc1cc(/C=N\NC(=O)c2cc3c(s2)CCCCC3)ccc1OC(F)F. The third kappa shape index (κ3) is 5.03. The molecule has 0 unspecified atom stereocenters. The predicted octanol–water partition coefficient (Wildman–Crippen LogP) is 4.39. The Balaban J connectivity index is 1.64. The molecule has 1 aromatic carbocycles. The molecule has 5 nitrogen and oxygen atoms in total. The molecule has 3 rings (SSSR count). The molecule has 144 valence electrons. The Morgan fingerprint density at radius 1 is 1.22 bits per heavy atom. The number of fused-ring (bicyclic) bond motifs is 1. The van der Waals surface area contributed by atoms with Crippen molar-refractivity contribution >= 4 is 23.5 Å². The third-order valence-corrected chi connectivity index (χ3v) is 5.49. The van der Waals surface area contributed by atoms with Crippen LogP contribution in [-0.2, 0) is 12.8 Å². The Morgan fingerprint density at radius 2 is 2.04 bits per heavy atom. The summed E-state index contributed by atoms with van der Waals surface area (Å²) in [6.07, 6.45) is 7.04. The first-order valence-electron chi connectivity index (χ1n) is 8.64. The molecule has 0 atom stereocenters. The molecule has 0 fully saturated rings. The fraction of sp³-hybridized carbons (Fsp3) is 0.368. The first-order chi connectivity index (χ1) is 13.1. The Morgan fingerprint density at radius 3 is 2.81 bits per heavy atom. The molecule has 1 heterocycles. The van der Waals surface area contributed by atoms with E-state index < -0.39 is 6.61 Å². The number of halogens is 2. The van der Waals surface area contributed by atoms with Crippen molar-refractivity contribution in [2.24, 2.45) is 5.10 Å². The van der Waals surface area contributed by atoms with Crippen LogP contribution in [0, 0.1) is 0 Å². The number of aryl methyl sites for hydroxylation is 2. The van der Waals surface area contributed by atoms with Gasteiger partial charge in [-0.25, -0.2) is 5.43 Å². The van der Waals surface area contributed by atoms with Crippen molar-refractivity contribution in [3.63, 3.8) is 0 Å². The topological polar surface area (TPSA) is 59.9 Å². The van der Waals surface area contributed by atoms with Gasteiger partial charge in [0.25, 0.3) is 5.91 Å². The minimum absolute atomic E-state index is 0.0613. The Labute approximate surface area is 160 Å². The normalized spacial score (nSPS) is 14.1. The van der Waals surface area contributed by atoms with Gasteiger partial charge in [-0.15, -0.1) is 11.3 Å². The number of alkyl halides is 2. The third-order valence-electron chi connectivity index (χ3n) is 4.25. The van der Waals surface area contributed by atoms with Crippen molar-refractivity contribution in [3.05, 3.63) is 45.1 Å². The number of methoxy groups -OCH3 is 1. The van der Waals surface area contributed by atoms with Crippen LogP contribution >= 0.6 is 11.3 Å². The first kappa shape index (κ1) is 19.3. The molecule has 1 aliphatic rings. The van der Waals surface area contributed by atoms with Crippen LogP contribution in [0.5, 0.6) is 11.5 Å². The van der Waals surface area contributed by atoms with E-state index in [0.29, 0.717) is 10.4 Å². The molecule has 1 amide bonds. The van der Waals surface area contributed by atoms with Crippen molar-refractivity contribution in [2.75, 3.05) is 7.11 Å². The van der Waals surface area contributed by atoms with Gasteiger partial charge in [0.15, 0.2) is 11.5 Å². The average molecular weight is 394 g/mol. The molecule has 1 aromatic heterocycles. The van der Waals surface area contributed by atoms with Crippen molar-refractivity contribution in [1.29, 1.82) is 0 Å². The Kier molecular flexibility index (Phi) is 6.39. The zero-order valence-electron chi connectivity index (χ0n) is 14.8. The summed E-state index contributed by atoms with van der Waals surface area (Å²) in [5.41, 5.74) is 4.35.